The normalized spacial score (nSPS) is 20.8. The molecule has 1 aliphatic rings. The van der Waals surface area contributed by atoms with E-state index >= 15 is 0 Å². The summed E-state index contributed by atoms with van der Waals surface area (Å²) in [5.74, 6) is -1.19. The molecule has 3 N–H and O–H groups in total. The standard InChI is InChI=1S/C14H18N4O4S/c1-9(10-7-5-4-6-8-10)16-23(21,22)11-12(15)17(2)14(20)18(3)13(11)19/h4-9,11,15-16H,1-3H3/p+1. The van der Waals surface area contributed by atoms with Gasteiger partial charge in [0.15, 0.2) is 0 Å². The molecule has 8 nitrogen and oxygen atoms in total. The van der Waals surface area contributed by atoms with Gasteiger partial charge in [0.05, 0.1) is 7.05 Å². The van der Waals surface area contributed by atoms with Crippen LogP contribution < -0.4 is 10.1 Å². The predicted octanol–water partition coefficient (Wildman–Crippen LogP) is -1.28. The van der Waals surface area contributed by atoms with Crippen molar-refractivity contribution in [1.29, 1.82) is 0 Å². The zero-order chi connectivity index (χ0) is 17.4. The molecular formula is C14H19N4O4S+. The highest BCUT2D eigenvalue weighted by Crippen LogP contribution is 2.18. The molecule has 0 spiro atoms. The second-order valence-electron chi connectivity index (χ2n) is 5.34. The Kier molecular flexibility index (Phi) is 4.53. The molecule has 1 aliphatic heterocycles. The summed E-state index contributed by atoms with van der Waals surface area (Å²) in [7, 11) is -1.57. The lowest BCUT2D eigenvalue weighted by Crippen LogP contribution is -2.71. The molecule has 1 saturated heterocycles. The van der Waals surface area contributed by atoms with Crippen molar-refractivity contribution in [2.75, 3.05) is 14.1 Å². The number of urea groups is 1. The third kappa shape index (κ3) is 3.10. The molecule has 2 unspecified atom stereocenters. The first kappa shape index (κ1) is 17.1. The Morgan fingerprint density at radius 3 is 2.26 bits per heavy atom. The van der Waals surface area contributed by atoms with Crippen molar-refractivity contribution in [2.24, 2.45) is 0 Å². The van der Waals surface area contributed by atoms with Crippen LogP contribution in [0.25, 0.3) is 0 Å². The number of nitrogens with two attached hydrogens (primary N) is 1. The zero-order valence-electron chi connectivity index (χ0n) is 13.1. The number of amidine groups is 1. The van der Waals surface area contributed by atoms with E-state index in [4.69, 9.17) is 5.41 Å². The molecule has 124 valence electrons. The van der Waals surface area contributed by atoms with Crippen LogP contribution in [0.2, 0.25) is 0 Å². The largest absolute Gasteiger partial charge is 0.417 e. The van der Waals surface area contributed by atoms with Gasteiger partial charge < -0.3 is 0 Å². The lowest BCUT2D eigenvalue weighted by atomic mass is 10.1. The lowest BCUT2D eigenvalue weighted by Gasteiger charge is -2.29. The maximum Gasteiger partial charge on any atom is 0.417 e. The summed E-state index contributed by atoms with van der Waals surface area (Å²) in [6, 6.07) is 7.70. The van der Waals surface area contributed by atoms with Gasteiger partial charge in [-0.25, -0.2) is 22.8 Å². The summed E-state index contributed by atoms with van der Waals surface area (Å²) in [5.41, 5.74) is 0.746. The molecule has 0 saturated carbocycles. The number of sulfonamides is 1. The van der Waals surface area contributed by atoms with Crippen molar-refractivity contribution in [3.8, 4) is 0 Å². The Hall–Kier alpha value is -2.26. The molecule has 0 aromatic heterocycles. The van der Waals surface area contributed by atoms with Gasteiger partial charge in [0.25, 0.3) is 17.0 Å². The first-order valence-electron chi connectivity index (χ1n) is 6.90. The summed E-state index contributed by atoms with van der Waals surface area (Å²) in [6.45, 7) is 1.66. The monoisotopic (exact) mass is 339 g/mol. The quantitative estimate of drug-likeness (QED) is 0.711. The molecule has 9 heteroatoms. The van der Waals surface area contributed by atoms with Gasteiger partial charge in [-0.05, 0) is 12.5 Å². The van der Waals surface area contributed by atoms with Gasteiger partial charge in [-0.1, -0.05) is 30.3 Å². The summed E-state index contributed by atoms with van der Waals surface area (Å²) in [6.07, 6.45) is 0. The van der Waals surface area contributed by atoms with Crippen LogP contribution in [0.15, 0.2) is 30.3 Å². The van der Waals surface area contributed by atoms with Crippen LogP contribution in [0.1, 0.15) is 18.5 Å². The van der Waals surface area contributed by atoms with E-state index in [1.54, 1.807) is 31.2 Å². The molecule has 2 atom stereocenters. The van der Waals surface area contributed by atoms with Gasteiger partial charge in [-0.15, -0.1) is 0 Å². The van der Waals surface area contributed by atoms with Crippen molar-refractivity contribution >= 4 is 27.8 Å². The number of benzene rings is 1. The average Bonchev–Trinajstić information content (AvgIpc) is 2.51. The Morgan fingerprint density at radius 2 is 1.70 bits per heavy atom. The molecule has 1 aromatic carbocycles. The number of amides is 3. The van der Waals surface area contributed by atoms with E-state index in [-0.39, 0.29) is 5.84 Å². The van der Waals surface area contributed by atoms with Gasteiger partial charge >= 0.3 is 6.03 Å². The molecule has 23 heavy (non-hydrogen) atoms. The summed E-state index contributed by atoms with van der Waals surface area (Å²) in [5, 5.41) is 4.08. The maximum atomic E-state index is 12.6. The minimum absolute atomic E-state index is 0.314. The Labute approximate surface area is 134 Å². The van der Waals surface area contributed by atoms with E-state index in [2.05, 4.69) is 4.72 Å². The lowest BCUT2D eigenvalue weighted by molar-refractivity contribution is -0.140. The topological polar surface area (TPSA) is 112 Å². The Balaban J connectivity index is 2.30. The van der Waals surface area contributed by atoms with E-state index in [1.807, 2.05) is 6.07 Å². The van der Waals surface area contributed by atoms with Crippen LogP contribution in [0, 0.1) is 0 Å². The van der Waals surface area contributed by atoms with Crippen molar-refractivity contribution in [2.45, 2.75) is 18.2 Å². The summed E-state index contributed by atoms with van der Waals surface area (Å²) >= 11 is 0. The number of imide groups is 1. The van der Waals surface area contributed by atoms with Crippen LogP contribution in [0.5, 0.6) is 0 Å². The fraction of sp³-hybridized carbons (Fsp3) is 0.357. The third-order valence-corrected chi connectivity index (χ3v) is 5.48. The molecule has 3 amide bonds. The third-order valence-electron chi connectivity index (χ3n) is 3.74. The Bertz CT molecular complexity index is 723. The highest BCUT2D eigenvalue weighted by molar-refractivity contribution is 7.91. The summed E-state index contributed by atoms with van der Waals surface area (Å²) in [4.78, 5) is 25.7. The fourth-order valence-electron chi connectivity index (χ4n) is 2.32. The number of hydrogen-bond donors (Lipinski definition) is 2. The van der Waals surface area contributed by atoms with Gasteiger partial charge in [0, 0.05) is 13.1 Å². The number of carbonyl (C=O) groups excluding carboxylic acids is 2. The van der Waals surface area contributed by atoms with E-state index in [0.29, 0.717) is 0 Å². The van der Waals surface area contributed by atoms with E-state index in [0.717, 1.165) is 15.4 Å². The maximum absolute atomic E-state index is 12.6. The van der Waals surface area contributed by atoms with Crippen LogP contribution >= 0.6 is 0 Å². The number of carbonyl (C=O) groups is 2. The van der Waals surface area contributed by atoms with E-state index in [1.165, 1.54) is 14.1 Å². The van der Waals surface area contributed by atoms with Gasteiger partial charge in [0.1, 0.15) is 0 Å². The molecule has 1 aromatic rings. The predicted molar refractivity (Wildman–Crippen MR) is 83.6 cm³/mol. The van der Waals surface area contributed by atoms with E-state index < -0.39 is 33.3 Å². The van der Waals surface area contributed by atoms with Crippen molar-refractivity contribution in [3.63, 3.8) is 0 Å². The number of rotatable bonds is 4. The number of hydrogen-bond acceptors (Lipinski definition) is 4. The highest BCUT2D eigenvalue weighted by Gasteiger charge is 2.52. The van der Waals surface area contributed by atoms with Gasteiger partial charge in [-0.3, -0.25) is 10.2 Å². The minimum atomic E-state index is -4.12. The number of nitrogens with zero attached hydrogens (tertiary/aromatic N) is 2. The first-order chi connectivity index (χ1) is 10.7. The van der Waals surface area contributed by atoms with Crippen LogP contribution in [0.4, 0.5) is 4.79 Å². The van der Waals surface area contributed by atoms with Crippen molar-refractivity contribution < 1.29 is 23.4 Å². The van der Waals surface area contributed by atoms with Crippen LogP contribution in [0.3, 0.4) is 0 Å². The molecule has 0 aliphatic carbocycles. The number of nitrogens with one attached hydrogen (secondary N) is 1. The molecule has 2 rings (SSSR count). The summed E-state index contributed by atoms with van der Waals surface area (Å²) < 4.78 is 27.6. The van der Waals surface area contributed by atoms with Crippen LogP contribution in [-0.4, -0.2) is 55.3 Å². The highest BCUT2D eigenvalue weighted by atomic mass is 32.2. The zero-order valence-corrected chi connectivity index (χ0v) is 13.9. The van der Waals surface area contributed by atoms with Crippen molar-refractivity contribution in [1.82, 2.24) is 14.5 Å². The van der Waals surface area contributed by atoms with E-state index in [9.17, 15) is 18.0 Å². The van der Waals surface area contributed by atoms with Gasteiger partial charge in [-0.2, -0.15) is 4.90 Å². The second-order valence-corrected chi connectivity index (χ2v) is 7.14. The molecule has 0 radical (unpaired) electrons. The smallest absolute Gasteiger partial charge is 0.289 e. The molecule has 1 heterocycles. The first-order valence-corrected chi connectivity index (χ1v) is 8.45. The van der Waals surface area contributed by atoms with Crippen LogP contribution in [-0.2, 0) is 14.8 Å². The van der Waals surface area contributed by atoms with Crippen molar-refractivity contribution in [3.05, 3.63) is 35.9 Å². The Morgan fingerprint density at radius 1 is 1.13 bits per heavy atom. The molecule has 0 bridgehead atoms. The average molecular weight is 339 g/mol. The van der Waals surface area contributed by atoms with Gasteiger partial charge in [0.2, 0.25) is 10.0 Å². The fourth-order valence-corrected chi connectivity index (χ4v) is 3.99. The minimum Gasteiger partial charge on any atom is -0.289 e. The molecule has 1 fully saturated rings. The molecular weight excluding hydrogens is 320 g/mol. The second kappa shape index (κ2) is 6.09. The SMILES string of the molecule is CC(NS(=O)(=O)C1C(=[NH2+])N(C)C(=O)N(C)C1=O)c1ccccc1.